The molecule has 0 spiro atoms. The van der Waals surface area contributed by atoms with Gasteiger partial charge in [-0.2, -0.15) is 0 Å². The van der Waals surface area contributed by atoms with E-state index in [-0.39, 0.29) is 24.8 Å². The molecule has 0 N–H and O–H groups in total. The Morgan fingerprint density at radius 1 is 0.571 bits per heavy atom. The van der Waals surface area contributed by atoms with Gasteiger partial charge in [-0.25, -0.2) is 0 Å². The Hall–Kier alpha value is 0.592. The molecule has 2 unspecified atom stereocenters. The second-order valence-electron chi connectivity index (χ2n) is 6.26. The van der Waals surface area contributed by atoms with Crippen molar-refractivity contribution in [2.45, 2.75) is 55.4 Å². The van der Waals surface area contributed by atoms with Gasteiger partial charge in [-0.1, -0.05) is 0 Å². The molecule has 0 radical (unpaired) electrons. The van der Waals surface area contributed by atoms with Crippen LogP contribution in [0, 0.1) is 39.6 Å². The molecule has 0 amide bonds. The Morgan fingerprint density at radius 3 is 1.05 bits per heavy atom. The van der Waals surface area contributed by atoms with Gasteiger partial charge in [-0.05, 0) is 0 Å². The van der Waals surface area contributed by atoms with Crippen LogP contribution >= 0.6 is 0 Å². The molecule has 2 rings (SSSR count). The van der Waals surface area contributed by atoms with Crippen LogP contribution in [0.3, 0.4) is 0 Å². The first kappa shape index (κ1) is 21.6. The van der Waals surface area contributed by atoms with Crippen molar-refractivity contribution in [3.05, 3.63) is 38.7 Å². The van der Waals surface area contributed by atoms with Crippen molar-refractivity contribution in [1.82, 2.24) is 0 Å². The molecule has 2 atom stereocenters. The molecular formula is C18H26Cl2U. The molecule has 0 aromatic carbocycles. The van der Waals surface area contributed by atoms with E-state index in [0.717, 1.165) is 11.8 Å². The summed E-state index contributed by atoms with van der Waals surface area (Å²) in [5, 5.41) is 0. The Balaban J connectivity index is 0.00000200. The first-order chi connectivity index (χ1) is 8.77. The molecule has 0 aromatic rings. The Morgan fingerprint density at radius 2 is 0.857 bits per heavy atom. The van der Waals surface area contributed by atoms with Crippen LogP contribution in [0.4, 0.5) is 0 Å². The van der Waals surface area contributed by atoms with E-state index in [1.807, 2.05) is 5.21 Å². The summed E-state index contributed by atoms with van der Waals surface area (Å²) in [5.74, 6) is 1.45. The van der Waals surface area contributed by atoms with E-state index in [2.05, 4.69) is 55.4 Å². The largest absolute Gasteiger partial charge is 1.00 e. The van der Waals surface area contributed by atoms with E-state index < -0.39 is 27.7 Å². The summed E-state index contributed by atoms with van der Waals surface area (Å²) in [4.78, 5) is 0. The van der Waals surface area contributed by atoms with Crippen LogP contribution in [-0.2, 0) is 0 Å². The number of halogens is 2. The first-order valence-electron chi connectivity index (χ1n) is 7.31. The molecule has 21 heavy (non-hydrogen) atoms. The summed E-state index contributed by atoms with van der Waals surface area (Å²) in [6.07, 6.45) is 0. The topological polar surface area (TPSA) is 0 Å². The van der Waals surface area contributed by atoms with Crippen LogP contribution in [0.25, 0.3) is 0 Å². The van der Waals surface area contributed by atoms with Crippen molar-refractivity contribution in [3.63, 3.8) is 0 Å². The van der Waals surface area contributed by atoms with E-state index in [9.17, 15) is 0 Å². The molecule has 0 nitrogen and oxygen atoms in total. The average Bonchev–Trinajstić information content (AvgIpc) is 2.68. The molecule has 0 heterocycles. The van der Waals surface area contributed by atoms with Crippen molar-refractivity contribution in [2.75, 3.05) is 0 Å². The summed E-state index contributed by atoms with van der Waals surface area (Å²) in [6.45, 7) is 18.8. The summed E-state index contributed by atoms with van der Waals surface area (Å²) >= 11 is -1.01. The first-order valence-corrected chi connectivity index (χ1v) is 11.5. The van der Waals surface area contributed by atoms with Gasteiger partial charge in [-0.3, -0.25) is 0 Å². The summed E-state index contributed by atoms with van der Waals surface area (Å²) < 4.78 is 3.72. The van der Waals surface area contributed by atoms with Crippen LogP contribution in [0.1, 0.15) is 55.4 Å². The van der Waals surface area contributed by atoms with Gasteiger partial charge >= 0.3 is 134 Å². The predicted molar refractivity (Wildman–Crippen MR) is 80.5 cm³/mol. The summed E-state index contributed by atoms with van der Waals surface area (Å²) in [5.41, 5.74) is 9.65. The van der Waals surface area contributed by atoms with Gasteiger partial charge in [0.25, 0.3) is 0 Å². The SMILES string of the molecule is CC1=C(C)C(C)[C]([U+2][C]2=C(C)C(C)=C(C)C2C)=C1C.[Cl-].[Cl-]. The van der Waals surface area contributed by atoms with Gasteiger partial charge in [0.2, 0.25) is 0 Å². The smallest absolute Gasteiger partial charge is 1.00 e. The van der Waals surface area contributed by atoms with Crippen molar-refractivity contribution in [2.24, 2.45) is 11.8 Å². The van der Waals surface area contributed by atoms with Gasteiger partial charge in [0.05, 0.1) is 0 Å². The third kappa shape index (κ3) is 3.58. The van der Waals surface area contributed by atoms with Gasteiger partial charge in [0.1, 0.15) is 0 Å². The van der Waals surface area contributed by atoms with Crippen molar-refractivity contribution in [1.29, 1.82) is 0 Å². The van der Waals surface area contributed by atoms with Crippen molar-refractivity contribution in [3.8, 4) is 0 Å². The predicted octanol–water partition coefficient (Wildman–Crippen LogP) is -0.400. The van der Waals surface area contributed by atoms with E-state index in [0.29, 0.717) is 0 Å². The second kappa shape index (κ2) is 7.92. The van der Waals surface area contributed by atoms with Gasteiger partial charge < -0.3 is 24.8 Å². The maximum Gasteiger partial charge on any atom is -1.00 e. The van der Waals surface area contributed by atoms with E-state index >= 15 is 0 Å². The fourth-order valence-corrected chi connectivity index (χ4v) is 11.2. The zero-order chi connectivity index (χ0) is 14.5. The summed E-state index contributed by atoms with van der Waals surface area (Å²) in [6, 6.07) is 0. The molecule has 0 fully saturated rings. The monoisotopic (exact) mass is 550 g/mol. The number of allylic oxidation sites excluding steroid dienone is 8. The number of hydrogen-bond donors (Lipinski definition) is 0. The van der Waals surface area contributed by atoms with Gasteiger partial charge in [-0.15, -0.1) is 0 Å². The summed E-state index contributed by atoms with van der Waals surface area (Å²) in [7, 11) is 0. The molecule has 116 valence electrons. The molecular weight excluding hydrogens is 525 g/mol. The quantitative estimate of drug-likeness (QED) is 0.439. The molecule has 0 aliphatic heterocycles. The zero-order valence-corrected chi connectivity index (χ0v) is 20.1. The van der Waals surface area contributed by atoms with Crippen LogP contribution in [0.15, 0.2) is 38.7 Å². The molecule has 2 aliphatic rings. The van der Waals surface area contributed by atoms with E-state index in [4.69, 9.17) is 0 Å². The van der Waals surface area contributed by atoms with Crippen molar-refractivity contribution < 1.29 is 52.5 Å². The minimum Gasteiger partial charge on any atom is -1.00 e. The Kier molecular flexibility index (Phi) is 8.14. The molecule has 2 aliphatic carbocycles. The minimum absolute atomic E-state index is 0. The van der Waals surface area contributed by atoms with E-state index in [1.54, 1.807) is 33.4 Å². The average molecular weight is 551 g/mol. The van der Waals surface area contributed by atoms with Gasteiger partial charge in [0.15, 0.2) is 0 Å². The van der Waals surface area contributed by atoms with Crippen LogP contribution < -0.4 is 24.8 Å². The van der Waals surface area contributed by atoms with Crippen molar-refractivity contribution >= 4 is 0 Å². The third-order valence-electron chi connectivity index (χ3n) is 5.55. The molecule has 0 saturated heterocycles. The van der Waals surface area contributed by atoms with Crippen LogP contribution in [0.2, 0.25) is 0 Å². The fraction of sp³-hybridized carbons (Fsp3) is 0.556. The molecule has 0 bridgehead atoms. The molecule has 0 saturated carbocycles. The third-order valence-corrected chi connectivity index (χ3v) is 14.5. The second-order valence-corrected chi connectivity index (χ2v) is 11.8. The fourth-order valence-electron chi connectivity index (χ4n) is 3.28. The van der Waals surface area contributed by atoms with Crippen LogP contribution in [-0.4, -0.2) is 0 Å². The Labute approximate surface area is 157 Å². The zero-order valence-electron chi connectivity index (χ0n) is 14.4. The maximum absolute atomic E-state index is 2.42. The van der Waals surface area contributed by atoms with Crippen LogP contribution in [0.5, 0.6) is 0 Å². The van der Waals surface area contributed by atoms with E-state index in [1.165, 1.54) is 0 Å². The molecule has 3 heteroatoms. The number of rotatable bonds is 2. The number of hydrogen-bond acceptors (Lipinski definition) is 0. The van der Waals surface area contributed by atoms with Gasteiger partial charge in [0, 0.05) is 0 Å². The molecule has 0 aromatic heterocycles. The Bertz CT molecular complexity index is 512. The maximum atomic E-state index is 2.42. The normalized spacial score (nSPS) is 25.3. The minimum atomic E-state index is -1.01. The standard InChI is InChI=1S/2C9H13.2ClH.U/c2*1-6-5-7(2)9(4)8(6)3;;;/h2*6H,1-4H3;2*1H;/q;;;;+2/p-2.